The van der Waals surface area contributed by atoms with Crippen LogP contribution in [0.1, 0.15) is 5.69 Å². The fraction of sp³-hybridized carbons (Fsp3) is 0.118. The lowest BCUT2D eigenvalue weighted by Crippen LogP contribution is -1.98. The Balaban J connectivity index is 2.15. The van der Waals surface area contributed by atoms with Gasteiger partial charge in [0.25, 0.3) is 0 Å². The zero-order chi connectivity index (χ0) is 16.8. The molecule has 0 aliphatic carbocycles. The third-order valence-electron chi connectivity index (χ3n) is 3.88. The van der Waals surface area contributed by atoms with Crippen LogP contribution in [0.15, 0.2) is 36.4 Å². The van der Waals surface area contributed by atoms with Crippen molar-refractivity contribution in [3.05, 3.63) is 52.1 Å². The van der Waals surface area contributed by atoms with Crippen molar-refractivity contribution in [1.82, 2.24) is 19.6 Å². The summed E-state index contributed by atoms with van der Waals surface area (Å²) < 4.78 is 7.21. The molecule has 5 nitrogen and oxygen atoms in total. The molecule has 0 saturated heterocycles. The summed E-state index contributed by atoms with van der Waals surface area (Å²) in [5.74, 6) is 1.32. The zero-order valence-electron chi connectivity index (χ0n) is 12.9. The molecule has 4 rings (SSSR count). The Morgan fingerprint density at radius 3 is 2.50 bits per heavy atom. The third-order valence-corrected chi connectivity index (χ3v) is 4.51. The fourth-order valence-electron chi connectivity index (χ4n) is 2.76. The summed E-state index contributed by atoms with van der Waals surface area (Å²) in [6, 6.07) is 11.0. The minimum atomic E-state index is 0.521. The van der Waals surface area contributed by atoms with Crippen LogP contribution in [0.25, 0.3) is 28.1 Å². The highest BCUT2D eigenvalue weighted by Gasteiger charge is 2.18. The molecular formula is C17H12Cl2N4O. The van der Waals surface area contributed by atoms with Crippen molar-refractivity contribution < 1.29 is 4.74 Å². The van der Waals surface area contributed by atoms with Gasteiger partial charge >= 0.3 is 0 Å². The number of benzene rings is 2. The summed E-state index contributed by atoms with van der Waals surface area (Å²) in [4.78, 5) is 4.59. The highest BCUT2D eigenvalue weighted by atomic mass is 35.5. The molecular weight excluding hydrogens is 347 g/mol. The van der Waals surface area contributed by atoms with Crippen molar-refractivity contribution in [3.8, 4) is 17.1 Å². The van der Waals surface area contributed by atoms with Gasteiger partial charge in [0, 0.05) is 6.07 Å². The quantitative estimate of drug-likeness (QED) is 0.526. The van der Waals surface area contributed by atoms with Gasteiger partial charge in [-0.1, -0.05) is 29.3 Å². The predicted octanol–water partition coefficient (Wildman–Crippen LogP) is 4.57. The number of fused-ring (bicyclic) bond motifs is 3. The van der Waals surface area contributed by atoms with Crippen LogP contribution < -0.4 is 4.74 Å². The van der Waals surface area contributed by atoms with E-state index in [1.54, 1.807) is 25.3 Å². The predicted molar refractivity (Wildman–Crippen MR) is 95.0 cm³/mol. The first kappa shape index (κ1) is 15.2. The maximum absolute atomic E-state index is 6.36. The molecule has 0 N–H and O–H groups in total. The highest BCUT2D eigenvalue weighted by molar-refractivity contribution is 6.39. The number of methoxy groups -OCH3 is 1. The topological polar surface area (TPSA) is 52.3 Å². The fourth-order valence-corrected chi connectivity index (χ4v) is 3.33. The molecule has 24 heavy (non-hydrogen) atoms. The van der Waals surface area contributed by atoms with Gasteiger partial charge in [-0.2, -0.15) is 0 Å². The molecule has 0 aliphatic rings. The number of rotatable bonds is 2. The van der Waals surface area contributed by atoms with Crippen LogP contribution in [-0.2, 0) is 0 Å². The number of hydrogen-bond acceptors (Lipinski definition) is 4. The van der Waals surface area contributed by atoms with E-state index >= 15 is 0 Å². The van der Waals surface area contributed by atoms with Crippen LogP contribution in [0, 0.1) is 6.92 Å². The minimum absolute atomic E-state index is 0.521. The lowest BCUT2D eigenvalue weighted by atomic mass is 10.2. The first-order chi connectivity index (χ1) is 11.6. The monoisotopic (exact) mass is 358 g/mol. The number of nitrogens with zero attached hydrogens (tertiary/aromatic N) is 4. The number of ether oxygens (including phenoxy) is 1. The molecule has 7 heteroatoms. The minimum Gasteiger partial charge on any atom is -0.497 e. The summed E-state index contributed by atoms with van der Waals surface area (Å²) in [7, 11) is 1.63. The number of halogens is 2. The summed E-state index contributed by atoms with van der Waals surface area (Å²) in [5.41, 5.74) is 3.71. The van der Waals surface area contributed by atoms with Crippen LogP contribution in [-0.4, -0.2) is 26.7 Å². The van der Waals surface area contributed by atoms with Crippen molar-refractivity contribution in [2.24, 2.45) is 0 Å². The maximum Gasteiger partial charge on any atom is 0.183 e. The van der Waals surface area contributed by atoms with Crippen molar-refractivity contribution >= 4 is 39.9 Å². The van der Waals surface area contributed by atoms with Crippen molar-refractivity contribution in [2.75, 3.05) is 7.11 Å². The molecule has 0 radical (unpaired) electrons. The van der Waals surface area contributed by atoms with Gasteiger partial charge in [0.15, 0.2) is 11.5 Å². The van der Waals surface area contributed by atoms with Gasteiger partial charge in [0.2, 0.25) is 0 Å². The smallest absolute Gasteiger partial charge is 0.183 e. The molecule has 0 amide bonds. The van der Waals surface area contributed by atoms with E-state index in [4.69, 9.17) is 27.9 Å². The van der Waals surface area contributed by atoms with Crippen molar-refractivity contribution in [2.45, 2.75) is 6.92 Å². The lowest BCUT2D eigenvalue weighted by Gasteiger charge is -2.09. The normalized spacial score (nSPS) is 11.3. The van der Waals surface area contributed by atoms with Crippen LogP contribution in [0.5, 0.6) is 5.75 Å². The van der Waals surface area contributed by atoms with Crippen molar-refractivity contribution in [3.63, 3.8) is 0 Å². The molecule has 2 aromatic carbocycles. The van der Waals surface area contributed by atoms with Gasteiger partial charge in [-0.25, -0.2) is 4.98 Å². The van der Waals surface area contributed by atoms with E-state index in [1.165, 1.54) is 0 Å². The van der Waals surface area contributed by atoms with Crippen LogP contribution in [0.3, 0.4) is 0 Å². The largest absolute Gasteiger partial charge is 0.497 e. The molecule has 0 atom stereocenters. The molecule has 0 bridgehead atoms. The maximum atomic E-state index is 6.36. The third kappa shape index (κ3) is 2.20. The molecule has 0 unspecified atom stereocenters. The van der Waals surface area contributed by atoms with Gasteiger partial charge in [-0.15, -0.1) is 10.2 Å². The second-order valence-electron chi connectivity index (χ2n) is 5.33. The Hall–Kier alpha value is -2.37. The Morgan fingerprint density at radius 1 is 1.04 bits per heavy atom. The van der Waals surface area contributed by atoms with Crippen molar-refractivity contribution in [1.29, 1.82) is 0 Å². The molecule has 0 aliphatic heterocycles. The average molecular weight is 359 g/mol. The van der Waals surface area contributed by atoms with Gasteiger partial charge < -0.3 is 4.74 Å². The lowest BCUT2D eigenvalue weighted by molar-refractivity contribution is 0.415. The van der Waals surface area contributed by atoms with Gasteiger partial charge in [0.1, 0.15) is 5.75 Å². The SMILES string of the molecule is COc1ccc2c(c1)nc(C)c1nnc(-c3c(Cl)cccc3Cl)n12. The Morgan fingerprint density at radius 2 is 1.79 bits per heavy atom. The molecule has 2 aromatic heterocycles. The van der Waals surface area contributed by atoms with E-state index in [2.05, 4.69) is 15.2 Å². The van der Waals surface area contributed by atoms with E-state index in [1.807, 2.05) is 29.5 Å². The van der Waals surface area contributed by atoms with Gasteiger partial charge in [0.05, 0.1) is 39.4 Å². The van der Waals surface area contributed by atoms with Crippen LogP contribution >= 0.6 is 23.2 Å². The molecule has 0 spiro atoms. The van der Waals surface area contributed by atoms with E-state index < -0.39 is 0 Å². The average Bonchev–Trinajstić information content (AvgIpc) is 3.00. The Bertz CT molecular complexity index is 1070. The first-order valence-electron chi connectivity index (χ1n) is 7.24. The summed E-state index contributed by atoms with van der Waals surface area (Å²) in [5, 5.41) is 9.63. The van der Waals surface area contributed by atoms with Crippen LogP contribution in [0.2, 0.25) is 10.0 Å². The second kappa shape index (κ2) is 5.61. The molecule has 120 valence electrons. The van der Waals surface area contributed by atoms with E-state index in [0.717, 1.165) is 22.5 Å². The molecule has 2 heterocycles. The van der Waals surface area contributed by atoms with Gasteiger partial charge in [-0.3, -0.25) is 4.40 Å². The second-order valence-corrected chi connectivity index (χ2v) is 6.15. The Labute approximate surface area is 147 Å². The number of aromatic nitrogens is 4. The Kier molecular flexibility index (Phi) is 3.55. The standard InChI is InChI=1S/C17H12Cl2N4O/c1-9-16-21-22-17(15-11(18)4-3-5-12(15)19)23(16)14-7-6-10(24-2)8-13(14)20-9/h3-8H,1-2H3. The van der Waals surface area contributed by atoms with E-state index in [0.29, 0.717) is 27.1 Å². The first-order valence-corrected chi connectivity index (χ1v) is 7.99. The van der Waals surface area contributed by atoms with Crippen LogP contribution in [0.4, 0.5) is 0 Å². The molecule has 4 aromatic rings. The summed E-state index contributed by atoms with van der Waals surface area (Å²) >= 11 is 12.7. The zero-order valence-corrected chi connectivity index (χ0v) is 14.4. The van der Waals surface area contributed by atoms with E-state index in [9.17, 15) is 0 Å². The summed E-state index contributed by atoms with van der Waals surface area (Å²) in [6.45, 7) is 1.89. The number of hydrogen-bond donors (Lipinski definition) is 0. The summed E-state index contributed by atoms with van der Waals surface area (Å²) in [6.07, 6.45) is 0. The molecule has 0 saturated carbocycles. The van der Waals surface area contributed by atoms with Gasteiger partial charge in [-0.05, 0) is 31.2 Å². The number of aryl methyl sites for hydroxylation is 1. The highest BCUT2D eigenvalue weighted by Crippen LogP contribution is 2.35. The molecule has 0 fully saturated rings. The van der Waals surface area contributed by atoms with E-state index in [-0.39, 0.29) is 0 Å².